The molecule has 1 atom stereocenters. The summed E-state index contributed by atoms with van der Waals surface area (Å²) in [6.07, 6.45) is 1.84. The van der Waals surface area contributed by atoms with Gasteiger partial charge < -0.3 is 24.3 Å². The number of allylic oxidation sites excluding steroid dienone is 1. The van der Waals surface area contributed by atoms with Crippen LogP contribution in [0.2, 0.25) is 0 Å². The van der Waals surface area contributed by atoms with Crippen molar-refractivity contribution in [2.24, 2.45) is 4.99 Å². The van der Waals surface area contributed by atoms with Crippen molar-refractivity contribution in [3.63, 3.8) is 0 Å². The Morgan fingerprint density at radius 3 is 2.58 bits per heavy atom. The Hall–Kier alpha value is -4.00. The van der Waals surface area contributed by atoms with Gasteiger partial charge in [-0.15, -0.1) is 0 Å². The summed E-state index contributed by atoms with van der Waals surface area (Å²) in [5, 5.41) is 11.8. The van der Waals surface area contributed by atoms with Gasteiger partial charge in [0.1, 0.15) is 22.7 Å². The van der Waals surface area contributed by atoms with E-state index in [0.29, 0.717) is 44.7 Å². The summed E-state index contributed by atoms with van der Waals surface area (Å²) >= 11 is 0. The molecule has 0 amide bonds. The van der Waals surface area contributed by atoms with Gasteiger partial charge in [-0.3, -0.25) is 0 Å². The van der Waals surface area contributed by atoms with Crippen molar-refractivity contribution in [3.8, 4) is 17.2 Å². The molecule has 0 saturated carbocycles. The molecule has 1 aliphatic rings. The Kier molecular flexibility index (Phi) is 6.22. The molecule has 33 heavy (non-hydrogen) atoms. The Labute approximate surface area is 191 Å². The van der Waals surface area contributed by atoms with E-state index >= 15 is 0 Å². The molecule has 2 heterocycles. The molecule has 7 heteroatoms. The quantitative estimate of drug-likeness (QED) is 0.568. The van der Waals surface area contributed by atoms with Crippen LogP contribution in [0.1, 0.15) is 36.5 Å². The average molecular weight is 447 g/mol. The van der Waals surface area contributed by atoms with Gasteiger partial charge >= 0.3 is 5.97 Å². The fraction of sp³-hybridized carbons (Fsp3) is 0.231. The van der Waals surface area contributed by atoms with E-state index in [2.05, 4.69) is 9.98 Å². The smallest absolute Gasteiger partial charge is 0.336 e. The first-order valence-corrected chi connectivity index (χ1v) is 10.6. The lowest BCUT2D eigenvalue weighted by molar-refractivity contribution is -0.138. The maximum atomic E-state index is 13.1. The summed E-state index contributed by atoms with van der Waals surface area (Å²) in [5.41, 5.74) is 3.39. The average Bonchev–Trinajstić information content (AvgIpc) is 3.12. The highest BCUT2D eigenvalue weighted by Crippen LogP contribution is 2.43. The van der Waals surface area contributed by atoms with E-state index in [-0.39, 0.29) is 12.4 Å². The minimum Gasteiger partial charge on any atom is -0.505 e. The number of benzene rings is 2. The van der Waals surface area contributed by atoms with E-state index in [4.69, 9.17) is 14.2 Å². The SMILES string of the molecule is CCOC(=O)C1=C(C)N=c2[nH]c(=Cc3ccccc3)c(O)c2C1c1cc(OC)ccc1OC. The van der Waals surface area contributed by atoms with E-state index in [1.807, 2.05) is 36.4 Å². The van der Waals surface area contributed by atoms with Crippen LogP contribution in [0.4, 0.5) is 0 Å². The lowest BCUT2D eigenvalue weighted by Crippen LogP contribution is -2.26. The Morgan fingerprint density at radius 1 is 1.15 bits per heavy atom. The molecule has 0 spiro atoms. The van der Waals surface area contributed by atoms with Crippen molar-refractivity contribution in [2.75, 3.05) is 20.8 Å². The number of hydrogen-bond donors (Lipinski definition) is 2. The number of fused-ring (bicyclic) bond motifs is 1. The van der Waals surface area contributed by atoms with Gasteiger partial charge in [-0.25, -0.2) is 9.79 Å². The first kappa shape index (κ1) is 22.2. The van der Waals surface area contributed by atoms with Crippen molar-refractivity contribution in [1.29, 1.82) is 0 Å². The molecule has 7 nitrogen and oxygen atoms in total. The standard InChI is InChI=1S/C26H26N2O5/c1-5-33-26(30)21-15(2)27-25-23(22(21)18-14-17(31-3)11-12-20(18)32-4)24(29)19(28-25)13-16-9-7-6-8-10-16/h6-14,22,29H,5H2,1-4H3,(H,27,28). The van der Waals surface area contributed by atoms with E-state index in [0.717, 1.165) is 5.56 Å². The van der Waals surface area contributed by atoms with Crippen LogP contribution < -0.4 is 20.3 Å². The third-order valence-electron chi connectivity index (χ3n) is 5.62. The summed E-state index contributed by atoms with van der Waals surface area (Å²) in [5.74, 6) is 0.00488. The number of carbonyl (C=O) groups excluding carboxylic acids is 1. The van der Waals surface area contributed by atoms with Crippen LogP contribution in [-0.2, 0) is 9.53 Å². The van der Waals surface area contributed by atoms with E-state index in [9.17, 15) is 9.90 Å². The molecule has 170 valence electrons. The highest BCUT2D eigenvalue weighted by molar-refractivity contribution is 5.93. The molecule has 2 aromatic carbocycles. The van der Waals surface area contributed by atoms with Gasteiger partial charge in [0.25, 0.3) is 0 Å². The Morgan fingerprint density at radius 2 is 1.91 bits per heavy atom. The molecular formula is C26H26N2O5. The summed E-state index contributed by atoms with van der Waals surface area (Å²) < 4.78 is 16.4. The third kappa shape index (κ3) is 4.09. The number of aromatic nitrogens is 1. The van der Waals surface area contributed by atoms with Crippen LogP contribution in [0, 0.1) is 0 Å². The number of rotatable bonds is 6. The zero-order valence-corrected chi connectivity index (χ0v) is 19.0. The van der Waals surface area contributed by atoms with Gasteiger partial charge in [0, 0.05) is 5.56 Å². The van der Waals surface area contributed by atoms with Crippen molar-refractivity contribution < 1.29 is 24.1 Å². The molecule has 0 fully saturated rings. The molecule has 0 radical (unpaired) electrons. The van der Waals surface area contributed by atoms with Crippen molar-refractivity contribution in [1.82, 2.24) is 4.98 Å². The third-order valence-corrected chi connectivity index (χ3v) is 5.62. The monoisotopic (exact) mass is 446 g/mol. The van der Waals surface area contributed by atoms with Crippen molar-refractivity contribution >= 4 is 12.0 Å². The fourth-order valence-electron chi connectivity index (χ4n) is 4.12. The molecular weight excluding hydrogens is 420 g/mol. The summed E-state index contributed by atoms with van der Waals surface area (Å²) in [4.78, 5) is 20.9. The van der Waals surface area contributed by atoms with Gasteiger partial charge in [0.2, 0.25) is 0 Å². The van der Waals surface area contributed by atoms with Crippen LogP contribution in [0.3, 0.4) is 0 Å². The minimum absolute atomic E-state index is 0.0155. The number of H-pyrrole nitrogens is 1. The molecule has 0 bridgehead atoms. The number of nitrogens with zero attached hydrogens (tertiary/aromatic N) is 1. The minimum atomic E-state index is -0.671. The highest BCUT2D eigenvalue weighted by atomic mass is 16.5. The molecule has 0 saturated heterocycles. The number of ether oxygens (including phenoxy) is 3. The van der Waals surface area contributed by atoms with Crippen LogP contribution in [-0.4, -0.2) is 36.9 Å². The maximum absolute atomic E-state index is 13.1. The Balaban J connectivity index is 2.01. The number of hydrogen-bond acceptors (Lipinski definition) is 6. The normalized spacial score (nSPS) is 15.6. The molecule has 2 N–H and O–H groups in total. The number of aromatic hydroxyl groups is 1. The number of esters is 1. The van der Waals surface area contributed by atoms with Crippen molar-refractivity contribution in [2.45, 2.75) is 19.8 Å². The first-order chi connectivity index (χ1) is 16.0. The predicted molar refractivity (Wildman–Crippen MR) is 124 cm³/mol. The van der Waals surface area contributed by atoms with E-state index in [1.165, 1.54) is 0 Å². The molecule has 1 unspecified atom stereocenters. The van der Waals surface area contributed by atoms with Crippen LogP contribution >= 0.6 is 0 Å². The second-order valence-corrected chi connectivity index (χ2v) is 7.58. The zero-order chi connectivity index (χ0) is 23.5. The van der Waals surface area contributed by atoms with Gasteiger partial charge in [-0.1, -0.05) is 30.3 Å². The summed E-state index contributed by atoms with van der Waals surface area (Å²) in [6, 6.07) is 15.0. The number of aromatic amines is 1. The first-order valence-electron chi connectivity index (χ1n) is 10.6. The highest BCUT2D eigenvalue weighted by Gasteiger charge is 2.36. The van der Waals surface area contributed by atoms with E-state index in [1.54, 1.807) is 46.3 Å². The maximum Gasteiger partial charge on any atom is 0.336 e. The fourth-order valence-corrected chi connectivity index (χ4v) is 4.12. The van der Waals surface area contributed by atoms with Crippen LogP contribution in [0.25, 0.3) is 6.08 Å². The van der Waals surface area contributed by atoms with Gasteiger partial charge in [-0.05, 0) is 43.7 Å². The second-order valence-electron chi connectivity index (χ2n) is 7.58. The molecule has 1 aromatic heterocycles. The lowest BCUT2D eigenvalue weighted by atomic mass is 9.82. The Bertz CT molecular complexity index is 1340. The molecule has 4 rings (SSSR count). The predicted octanol–water partition coefficient (Wildman–Crippen LogP) is 3.17. The molecule has 3 aromatic rings. The lowest BCUT2D eigenvalue weighted by Gasteiger charge is -2.25. The number of methoxy groups -OCH3 is 2. The largest absolute Gasteiger partial charge is 0.505 e. The molecule has 0 aliphatic carbocycles. The summed E-state index contributed by atoms with van der Waals surface area (Å²) in [6.45, 7) is 3.73. The van der Waals surface area contributed by atoms with Gasteiger partial charge in [-0.2, -0.15) is 0 Å². The molecule has 1 aliphatic heterocycles. The summed E-state index contributed by atoms with van der Waals surface area (Å²) in [7, 11) is 3.13. The number of nitrogens with one attached hydrogen (secondary N) is 1. The van der Waals surface area contributed by atoms with Crippen LogP contribution in [0.15, 0.2) is 64.8 Å². The second kappa shape index (κ2) is 9.24. The zero-order valence-electron chi connectivity index (χ0n) is 19.0. The van der Waals surface area contributed by atoms with Crippen LogP contribution in [0.5, 0.6) is 17.2 Å². The van der Waals surface area contributed by atoms with Gasteiger partial charge in [0.05, 0.1) is 48.9 Å². The van der Waals surface area contributed by atoms with Gasteiger partial charge in [0.15, 0.2) is 0 Å². The topological polar surface area (TPSA) is 93.1 Å². The number of carbonyl (C=O) groups is 1. The van der Waals surface area contributed by atoms with E-state index < -0.39 is 11.9 Å². The van der Waals surface area contributed by atoms with Crippen molar-refractivity contribution in [3.05, 3.63) is 87.3 Å².